The monoisotopic (exact) mass is 352 g/mol. The topological polar surface area (TPSA) is 63.5 Å². The molecule has 1 aliphatic heterocycles. The Labute approximate surface area is 148 Å². The number of ether oxygens (including phenoxy) is 1. The second-order valence-corrected chi connectivity index (χ2v) is 6.47. The Morgan fingerprint density at radius 1 is 1.38 bits per heavy atom. The lowest BCUT2D eigenvalue weighted by Crippen LogP contribution is -2.47. The van der Waals surface area contributed by atoms with Gasteiger partial charge in [-0.1, -0.05) is 18.2 Å². The van der Waals surface area contributed by atoms with Gasteiger partial charge in [-0.2, -0.15) is 0 Å². The number of amides is 1. The molecule has 1 aromatic heterocycles. The quantitative estimate of drug-likeness (QED) is 0.868. The lowest BCUT2D eigenvalue weighted by molar-refractivity contribution is 0.0506. The Balaban J connectivity index is 0.00000208. The van der Waals surface area contributed by atoms with Crippen molar-refractivity contribution in [1.82, 2.24) is 10.6 Å². The highest BCUT2D eigenvalue weighted by Gasteiger charge is 2.32. The van der Waals surface area contributed by atoms with Crippen LogP contribution in [0.25, 0.3) is 11.0 Å². The second-order valence-electron chi connectivity index (χ2n) is 6.47. The molecule has 6 heteroatoms. The van der Waals surface area contributed by atoms with Crippen molar-refractivity contribution in [3.63, 3.8) is 0 Å². The molecule has 5 nitrogen and oxygen atoms in total. The van der Waals surface area contributed by atoms with Crippen LogP contribution < -0.4 is 10.6 Å². The van der Waals surface area contributed by atoms with Gasteiger partial charge in [0.05, 0.1) is 6.61 Å². The van der Waals surface area contributed by atoms with Gasteiger partial charge < -0.3 is 19.8 Å². The van der Waals surface area contributed by atoms with Crippen molar-refractivity contribution in [3.8, 4) is 0 Å². The average Bonchev–Trinajstić information content (AvgIpc) is 3.00. The fourth-order valence-electron chi connectivity index (χ4n) is 3.31. The summed E-state index contributed by atoms with van der Waals surface area (Å²) in [6.07, 6.45) is 2.00. The van der Waals surface area contributed by atoms with Crippen LogP contribution in [0.1, 0.15) is 29.0 Å². The minimum atomic E-state index is -0.158. The molecule has 2 heterocycles. The number of nitrogens with one attached hydrogen (secondary N) is 2. The van der Waals surface area contributed by atoms with E-state index in [1.54, 1.807) is 7.11 Å². The van der Waals surface area contributed by atoms with Crippen LogP contribution in [0, 0.1) is 12.3 Å². The maximum atomic E-state index is 12.5. The van der Waals surface area contributed by atoms with Gasteiger partial charge in [0.2, 0.25) is 0 Å². The first-order valence-corrected chi connectivity index (χ1v) is 8.11. The molecule has 2 aromatic rings. The Morgan fingerprint density at radius 2 is 2.12 bits per heavy atom. The molecule has 1 amide bonds. The Kier molecular flexibility index (Phi) is 6.27. The van der Waals surface area contributed by atoms with Gasteiger partial charge in [-0.05, 0) is 44.5 Å². The first-order chi connectivity index (χ1) is 11.1. The molecule has 0 radical (unpaired) electrons. The van der Waals surface area contributed by atoms with E-state index in [1.165, 1.54) is 0 Å². The number of benzene rings is 1. The largest absolute Gasteiger partial charge is 0.451 e. The number of piperidine rings is 1. The number of fused-ring (bicyclic) bond motifs is 1. The Hall–Kier alpha value is -1.56. The number of aryl methyl sites for hydroxylation is 1. The molecule has 3 rings (SSSR count). The molecule has 1 fully saturated rings. The van der Waals surface area contributed by atoms with Crippen LogP contribution in [-0.4, -0.2) is 39.3 Å². The van der Waals surface area contributed by atoms with Crippen molar-refractivity contribution >= 4 is 29.3 Å². The predicted octanol–water partition coefficient (Wildman–Crippen LogP) is 2.91. The molecule has 0 saturated carbocycles. The summed E-state index contributed by atoms with van der Waals surface area (Å²) in [5.74, 6) is 0.213. The summed E-state index contributed by atoms with van der Waals surface area (Å²) >= 11 is 0. The molecule has 0 unspecified atom stereocenters. The molecule has 1 aromatic carbocycles. The maximum absolute atomic E-state index is 12.5. The first-order valence-electron chi connectivity index (χ1n) is 8.11. The van der Waals surface area contributed by atoms with Crippen LogP contribution >= 0.6 is 12.4 Å². The van der Waals surface area contributed by atoms with E-state index < -0.39 is 0 Å². The van der Waals surface area contributed by atoms with Crippen molar-refractivity contribution in [1.29, 1.82) is 0 Å². The summed E-state index contributed by atoms with van der Waals surface area (Å²) in [5, 5.41) is 7.35. The summed E-state index contributed by atoms with van der Waals surface area (Å²) in [5.41, 5.74) is 1.83. The molecule has 0 aliphatic carbocycles. The van der Waals surface area contributed by atoms with Crippen molar-refractivity contribution in [2.45, 2.75) is 19.8 Å². The van der Waals surface area contributed by atoms with Gasteiger partial charge in [0.15, 0.2) is 5.76 Å². The normalized spacial score (nSPS) is 16.6. The molecular formula is C18H25ClN2O3. The summed E-state index contributed by atoms with van der Waals surface area (Å²) < 4.78 is 11.1. The van der Waals surface area contributed by atoms with E-state index in [1.807, 2.05) is 31.2 Å². The van der Waals surface area contributed by atoms with Gasteiger partial charge in [0, 0.05) is 24.5 Å². The second kappa shape index (κ2) is 8.01. The van der Waals surface area contributed by atoms with Crippen molar-refractivity contribution in [2.75, 3.05) is 33.4 Å². The van der Waals surface area contributed by atoms with Gasteiger partial charge in [-0.15, -0.1) is 12.4 Å². The van der Waals surface area contributed by atoms with Gasteiger partial charge in [-0.25, -0.2) is 0 Å². The van der Waals surface area contributed by atoms with E-state index in [0.717, 1.165) is 42.5 Å². The van der Waals surface area contributed by atoms with Gasteiger partial charge in [0.25, 0.3) is 5.91 Å². The molecule has 132 valence electrons. The van der Waals surface area contributed by atoms with Crippen molar-refractivity contribution in [3.05, 3.63) is 35.6 Å². The highest BCUT2D eigenvalue weighted by Crippen LogP contribution is 2.28. The van der Waals surface area contributed by atoms with E-state index in [-0.39, 0.29) is 23.7 Å². The number of hydrogen-bond donors (Lipinski definition) is 2. The molecule has 1 saturated heterocycles. The van der Waals surface area contributed by atoms with Crippen molar-refractivity contribution < 1.29 is 13.9 Å². The number of carbonyl (C=O) groups excluding carboxylic acids is 1. The fraction of sp³-hybridized carbons (Fsp3) is 0.500. The third kappa shape index (κ3) is 3.91. The summed E-state index contributed by atoms with van der Waals surface area (Å²) in [6, 6.07) is 7.72. The van der Waals surface area contributed by atoms with Crippen LogP contribution in [0.4, 0.5) is 0 Å². The maximum Gasteiger partial charge on any atom is 0.287 e. The fourth-order valence-corrected chi connectivity index (χ4v) is 3.31. The molecule has 0 atom stereocenters. The SMILES string of the molecule is COCC1(CNC(=O)c2cc3cccc(C)c3o2)CCNCC1.Cl. The van der Waals surface area contributed by atoms with Crippen molar-refractivity contribution in [2.24, 2.45) is 5.41 Å². The third-order valence-electron chi connectivity index (χ3n) is 4.70. The minimum absolute atomic E-state index is 0. The molecular weight excluding hydrogens is 328 g/mol. The smallest absolute Gasteiger partial charge is 0.287 e. The van der Waals surface area contributed by atoms with Crippen LogP contribution in [-0.2, 0) is 4.74 Å². The predicted molar refractivity (Wildman–Crippen MR) is 96.9 cm³/mol. The van der Waals surface area contributed by atoms with Crippen LogP contribution in [0.15, 0.2) is 28.7 Å². The van der Waals surface area contributed by atoms with Gasteiger partial charge in [-0.3, -0.25) is 4.79 Å². The number of para-hydroxylation sites is 1. The molecule has 2 N–H and O–H groups in total. The van der Waals surface area contributed by atoms with E-state index in [2.05, 4.69) is 10.6 Å². The zero-order valence-electron chi connectivity index (χ0n) is 14.2. The number of furan rings is 1. The number of carbonyl (C=O) groups is 1. The van der Waals surface area contributed by atoms with Gasteiger partial charge >= 0.3 is 0 Å². The molecule has 1 aliphatic rings. The number of halogens is 1. The highest BCUT2D eigenvalue weighted by molar-refractivity contribution is 5.96. The third-order valence-corrected chi connectivity index (χ3v) is 4.70. The standard InChI is InChI=1S/C18H24N2O3.ClH/c1-13-4-3-5-14-10-15(23-16(13)14)17(21)20-11-18(12-22-2)6-8-19-9-7-18;/h3-5,10,19H,6-9,11-12H2,1-2H3,(H,20,21);1H. The lowest BCUT2D eigenvalue weighted by Gasteiger charge is -2.37. The number of rotatable bonds is 5. The highest BCUT2D eigenvalue weighted by atomic mass is 35.5. The number of hydrogen-bond acceptors (Lipinski definition) is 4. The average molecular weight is 353 g/mol. The Morgan fingerprint density at radius 3 is 2.79 bits per heavy atom. The van der Waals surface area contributed by atoms with E-state index >= 15 is 0 Å². The lowest BCUT2D eigenvalue weighted by atomic mass is 9.79. The first kappa shape index (κ1) is 18.8. The van der Waals surface area contributed by atoms with E-state index in [0.29, 0.717) is 18.9 Å². The van der Waals surface area contributed by atoms with Crippen LogP contribution in [0.2, 0.25) is 0 Å². The number of methoxy groups -OCH3 is 1. The molecule has 0 bridgehead atoms. The Bertz CT molecular complexity index is 687. The van der Waals surface area contributed by atoms with E-state index in [4.69, 9.17) is 9.15 Å². The summed E-state index contributed by atoms with van der Waals surface area (Å²) in [7, 11) is 1.72. The van der Waals surface area contributed by atoms with E-state index in [9.17, 15) is 4.79 Å². The van der Waals surface area contributed by atoms with Crippen LogP contribution in [0.5, 0.6) is 0 Å². The van der Waals surface area contributed by atoms with Crippen LogP contribution in [0.3, 0.4) is 0 Å². The zero-order valence-corrected chi connectivity index (χ0v) is 15.0. The minimum Gasteiger partial charge on any atom is -0.451 e. The summed E-state index contributed by atoms with van der Waals surface area (Å²) in [6.45, 7) is 5.17. The zero-order chi connectivity index (χ0) is 16.3. The summed E-state index contributed by atoms with van der Waals surface area (Å²) in [4.78, 5) is 12.5. The van der Waals surface area contributed by atoms with Gasteiger partial charge in [0.1, 0.15) is 5.58 Å². The molecule has 0 spiro atoms. The molecule has 24 heavy (non-hydrogen) atoms.